The minimum Gasteiger partial charge on any atom is -0.393 e. The zero-order chi connectivity index (χ0) is 9.84. The van der Waals surface area contributed by atoms with Gasteiger partial charge in [0.1, 0.15) is 5.82 Å². The third-order valence-corrected chi connectivity index (χ3v) is 2.11. The van der Waals surface area contributed by atoms with Crippen LogP contribution >= 0.6 is 0 Å². The largest absolute Gasteiger partial charge is 0.393 e. The van der Waals surface area contributed by atoms with Gasteiger partial charge in [-0.2, -0.15) is 0 Å². The summed E-state index contributed by atoms with van der Waals surface area (Å²) >= 11 is 0. The van der Waals surface area contributed by atoms with Gasteiger partial charge in [-0.15, -0.1) is 0 Å². The standard InChI is InChI=1S/C11H15FO/c1-8(6-9(2)13)10-4-3-5-11(12)7-10/h3-5,7-9,13H,6H2,1-2H3. The van der Waals surface area contributed by atoms with Crippen molar-refractivity contribution in [1.82, 2.24) is 0 Å². The summed E-state index contributed by atoms with van der Waals surface area (Å²) in [5.74, 6) is -0.00866. The van der Waals surface area contributed by atoms with Crippen LogP contribution in [-0.2, 0) is 0 Å². The van der Waals surface area contributed by atoms with Crippen LogP contribution in [0.15, 0.2) is 24.3 Å². The Balaban J connectivity index is 2.71. The molecule has 0 bridgehead atoms. The number of benzene rings is 1. The second-order valence-corrected chi connectivity index (χ2v) is 3.54. The Kier molecular flexibility index (Phi) is 3.43. The maximum atomic E-state index is 12.8. The van der Waals surface area contributed by atoms with Crippen molar-refractivity contribution in [2.45, 2.75) is 32.3 Å². The predicted molar refractivity (Wildman–Crippen MR) is 51.1 cm³/mol. The van der Waals surface area contributed by atoms with Gasteiger partial charge in [-0.1, -0.05) is 19.1 Å². The van der Waals surface area contributed by atoms with Gasteiger partial charge in [0.05, 0.1) is 6.10 Å². The average molecular weight is 182 g/mol. The van der Waals surface area contributed by atoms with Gasteiger partial charge in [-0.25, -0.2) is 4.39 Å². The summed E-state index contributed by atoms with van der Waals surface area (Å²) in [6.07, 6.45) is 0.335. The van der Waals surface area contributed by atoms with Gasteiger partial charge in [0.2, 0.25) is 0 Å². The molecule has 13 heavy (non-hydrogen) atoms. The summed E-state index contributed by atoms with van der Waals surface area (Å²) in [6.45, 7) is 3.73. The quantitative estimate of drug-likeness (QED) is 0.762. The third-order valence-electron chi connectivity index (χ3n) is 2.11. The minimum atomic E-state index is -0.335. The molecular weight excluding hydrogens is 167 g/mol. The zero-order valence-electron chi connectivity index (χ0n) is 8.00. The van der Waals surface area contributed by atoms with Crippen molar-refractivity contribution in [3.05, 3.63) is 35.6 Å². The molecule has 1 aromatic carbocycles. The summed E-state index contributed by atoms with van der Waals surface area (Å²) in [5.41, 5.74) is 0.945. The van der Waals surface area contributed by atoms with Crippen LogP contribution in [0.4, 0.5) is 4.39 Å². The monoisotopic (exact) mass is 182 g/mol. The van der Waals surface area contributed by atoms with E-state index in [4.69, 9.17) is 5.11 Å². The van der Waals surface area contributed by atoms with Gasteiger partial charge < -0.3 is 5.11 Å². The van der Waals surface area contributed by atoms with Gasteiger partial charge in [0, 0.05) is 0 Å². The number of hydrogen-bond donors (Lipinski definition) is 1. The van der Waals surface area contributed by atoms with E-state index in [9.17, 15) is 4.39 Å². The molecule has 72 valence electrons. The summed E-state index contributed by atoms with van der Waals surface area (Å²) in [7, 11) is 0. The van der Waals surface area contributed by atoms with Crippen LogP contribution in [0.1, 0.15) is 31.7 Å². The molecule has 0 aromatic heterocycles. The van der Waals surface area contributed by atoms with Gasteiger partial charge in [0.15, 0.2) is 0 Å². The normalized spacial score (nSPS) is 15.4. The fraction of sp³-hybridized carbons (Fsp3) is 0.455. The van der Waals surface area contributed by atoms with Crippen LogP contribution in [0, 0.1) is 5.82 Å². The van der Waals surface area contributed by atoms with E-state index in [0.29, 0.717) is 6.42 Å². The first-order chi connectivity index (χ1) is 6.09. The molecule has 0 spiro atoms. The highest BCUT2D eigenvalue weighted by Crippen LogP contribution is 2.20. The van der Waals surface area contributed by atoms with Crippen LogP contribution in [0.3, 0.4) is 0 Å². The Hall–Kier alpha value is -0.890. The van der Waals surface area contributed by atoms with Crippen molar-refractivity contribution in [1.29, 1.82) is 0 Å². The van der Waals surface area contributed by atoms with E-state index in [1.54, 1.807) is 13.0 Å². The lowest BCUT2D eigenvalue weighted by molar-refractivity contribution is 0.176. The molecule has 1 nitrogen and oxygen atoms in total. The van der Waals surface area contributed by atoms with Gasteiger partial charge in [-0.3, -0.25) is 0 Å². The minimum absolute atomic E-state index is 0.204. The van der Waals surface area contributed by atoms with Crippen molar-refractivity contribution < 1.29 is 9.50 Å². The molecule has 0 amide bonds. The molecular formula is C11H15FO. The SMILES string of the molecule is CC(O)CC(C)c1cccc(F)c1. The molecule has 0 fully saturated rings. The smallest absolute Gasteiger partial charge is 0.123 e. The molecule has 0 aliphatic carbocycles. The van der Waals surface area contributed by atoms with Crippen molar-refractivity contribution >= 4 is 0 Å². The molecule has 0 saturated heterocycles. The van der Waals surface area contributed by atoms with Crippen LogP contribution < -0.4 is 0 Å². The van der Waals surface area contributed by atoms with Gasteiger partial charge in [0.25, 0.3) is 0 Å². The Morgan fingerprint density at radius 1 is 1.38 bits per heavy atom. The molecule has 0 aliphatic heterocycles. The molecule has 1 rings (SSSR count). The van der Waals surface area contributed by atoms with E-state index in [1.807, 2.05) is 13.0 Å². The van der Waals surface area contributed by atoms with Crippen LogP contribution in [0.25, 0.3) is 0 Å². The second kappa shape index (κ2) is 4.38. The molecule has 2 heteroatoms. The van der Waals surface area contributed by atoms with Crippen molar-refractivity contribution in [2.24, 2.45) is 0 Å². The molecule has 0 saturated carbocycles. The fourth-order valence-electron chi connectivity index (χ4n) is 1.46. The number of aliphatic hydroxyl groups excluding tert-OH is 1. The number of hydrogen-bond acceptors (Lipinski definition) is 1. The molecule has 2 unspecified atom stereocenters. The second-order valence-electron chi connectivity index (χ2n) is 3.54. The first-order valence-electron chi connectivity index (χ1n) is 4.53. The first-order valence-corrected chi connectivity index (χ1v) is 4.53. The molecule has 1 N–H and O–H groups in total. The predicted octanol–water partition coefficient (Wildman–Crippen LogP) is 2.70. The Bertz CT molecular complexity index is 271. The Labute approximate surface area is 78.2 Å². The van der Waals surface area contributed by atoms with E-state index in [0.717, 1.165) is 5.56 Å². The van der Waals surface area contributed by atoms with E-state index in [1.165, 1.54) is 12.1 Å². The first kappa shape index (κ1) is 10.2. The van der Waals surface area contributed by atoms with Crippen LogP contribution in [-0.4, -0.2) is 11.2 Å². The lowest BCUT2D eigenvalue weighted by Crippen LogP contribution is -2.05. The Morgan fingerprint density at radius 3 is 2.62 bits per heavy atom. The van der Waals surface area contributed by atoms with Crippen molar-refractivity contribution in [3.63, 3.8) is 0 Å². The maximum absolute atomic E-state index is 12.8. The number of aliphatic hydroxyl groups is 1. The highest BCUT2D eigenvalue weighted by atomic mass is 19.1. The van der Waals surface area contributed by atoms with E-state index >= 15 is 0 Å². The van der Waals surface area contributed by atoms with Crippen LogP contribution in [0.2, 0.25) is 0 Å². The fourth-order valence-corrected chi connectivity index (χ4v) is 1.46. The molecule has 0 radical (unpaired) electrons. The Morgan fingerprint density at radius 2 is 2.08 bits per heavy atom. The lowest BCUT2D eigenvalue weighted by atomic mass is 9.95. The summed E-state index contributed by atoms with van der Waals surface area (Å²) in [4.78, 5) is 0. The topological polar surface area (TPSA) is 20.2 Å². The number of rotatable bonds is 3. The summed E-state index contributed by atoms with van der Waals surface area (Å²) in [6, 6.07) is 6.53. The highest BCUT2D eigenvalue weighted by molar-refractivity contribution is 5.20. The van der Waals surface area contributed by atoms with Crippen molar-refractivity contribution in [2.75, 3.05) is 0 Å². The van der Waals surface area contributed by atoms with E-state index in [-0.39, 0.29) is 17.8 Å². The van der Waals surface area contributed by atoms with Gasteiger partial charge in [-0.05, 0) is 37.0 Å². The average Bonchev–Trinajstić information content (AvgIpc) is 2.03. The summed E-state index contributed by atoms with van der Waals surface area (Å²) < 4.78 is 12.8. The van der Waals surface area contributed by atoms with E-state index < -0.39 is 0 Å². The maximum Gasteiger partial charge on any atom is 0.123 e. The molecule has 0 aliphatic rings. The van der Waals surface area contributed by atoms with Crippen LogP contribution in [0.5, 0.6) is 0 Å². The zero-order valence-corrected chi connectivity index (χ0v) is 8.00. The third kappa shape index (κ3) is 3.15. The van der Waals surface area contributed by atoms with Crippen molar-refractivity contribution in [3.8, 4) is 0 Å². The molecule has 0 heterocycles. The number of halogens is 1. The highest BCUT2D eigenvalue weighted by Gasteiger charge is 2.08. The summed E-state index contributed by atoms with van der Waals surface area (Å²) in [5, 5.41) is 9.16. The molecule has 1 aromatic rings. The van der Waals surface area contributed by atoms with E-state index in [2.05, 4.69) is 0 Å². The van der Waals surface area contributed by atoms with Gasteiger partial charge >= 0.3 is 0 Å². The molecule has 2 atom stereocenters. The lowest BCUT2D eigenvalue weighted by Gasteiger charge is -2.13.